The molecule has 2 heterocycles. The molecule has 1 aromatic heterocycles. The summed E-state index contributed by atoms with van der Waals surface area (Å²) < 4.78 is -0.453. The maximum Gasteiger partial charge on any atom is 0.264 e. The van der Waals surface area contributed by atoms with Gasteiger partial charge in [-0.25, -0.2) is 0 Å². The van der Waals surface area contributed by atoms with Crippen LogP contribution >= 0.6 is 11.8 Å². The first-order valence-corrected chi connectivity index (χ1v) is 6.72. The number of hydrogen-bond donors (Lipinski definition) is 0. The molecule has 5 heteroatoms. The van der Waals surface area contributed by atoms with Crippen LogP contribution in [0.2, 0.25) is 0 Å². The van der Waals surface area contributed by atoms with Gasteiger partial charge in [-0.15, -0.1) is 0 Å². The molecule has 18 heavy (non-hydrogen) atoms. The van der Waals surface area contributed by atoms with Crippen molar-refractivity contribution in [1.82, 2.24) is 4.98 Å². The Bertz CT molecular complexity index is 486. The maximum atomic E-state index is 12.0. The fourth-order valence-corrected chi connectivity index (χ4v) is 2.74. The molecule has 1 aliphatic heterocycles. The van der Waals surface area contributed by atoms with Crippen molar-refractivity contribution in [1.29, 1.82) is 0 Å². The Morgan fingerprint density at radius 3 is 2.67 bits per heavy atom. The van der Waals surface area contributed by atoms with Gasteiger partial charge in [0.15, 0.2) is 5.17 Å². The molecule has 0 fully saturated rings. The minimum Gasteiger partial charge on any atom is -0.322 e. The van der Waals surface area contributed by atoms with Crippen molar-refractivity contribution in [2.75, 3.05) is 11.9 Å². The largest absolute Gasteiger partial charge is 0.322 e. The van der Waals surface area contributed by atoms with Crippen LogP contribution in [0.1, 0.15) is 20.8 Å². The van der Waals surface area contributed by atoms with Gasteiger partial charge in [-0.05, 0) is 25.0 Å². The molecule has 1 aromatic rings. The van der Waals surface area contributed by atoms with Gasteiger partial charge in [0, 0.05) is 13.2 Å². The molecule has 96 valence electrons. The molecule has 2 rings (SSSR count). The summed E-state index contributed by atoms with van der Waals surface area (Å²) >= 11 is 1.53. The molecule has 0 N–H and O–H groups in total. The van der Waals surface area contributed by atoms with E-state index in [0.29, 0.717) is 0 Å². The third-order valence-corrected chi connectivity index (χ3v) is 4.96. The first-order chi connectivity index (χ1) is 8.45. The molecule has 0 spiro atoms. The van der Waals surface area contributed by atoms with E-state index in [4.69, 9.17) is 0 Å². The van der Waals surface area contributed by atoms with Crippen molar-refractivity contribution in [3.05, 3.63) is 24.5 Å². The van der Waals surface area contributed by atoms with Crippen LogP contribution in [0.15, 0.2) is 29.5 Å². The van der Waals surface area contributed by atoms with E-state index >= 15 is 0 Å². The van der Waals surface area contributed by atoms with Gasteiger partial charge in [0.1, 0.15) is 4.75 Å². The molecule has 0 radical (unpaired) electrons. The van der Waals surface area contributed by atoms with E-state index in [1.807, 2.05) is 44.9 Å². The highest BCUT2D eigenvalue weighted by atomic mass is 32.2. The zero-order chi connectivity index (χ0) is 13.3. The molecule has 1 atom stereocenters. The topological polar surface area (TPSA) is 45.6 Å². The van der Waals surface area contributed by atoms with Gasteiger partial charge in [0.05, 0.1) is 11.9 Å². The smallest absolute Gasteiger partial charge is 0.264 e. The highest BCUT2D eigenvalue weighted by molar-refractivity contribution is 8.16. The van der Waals surface area contributed by atoms with E-state index in [-0.39, 0.29) is 11.8 Å². The Hall–Kier alpha value is -1.36. The van der Waals surface area contributed by atoms with Crippen molar-refractivity contribution in [2.24, 2.45) is 10.9 Å². The predicted molar refractivity (Wildman–Crippen MR) is 75.9 cm³/mol. The molecule has 1 aliphatic rings. The number of aromatic nitrogens is 1. The number of aliphatic imine (C=N–C) groups is 1. The zero-order valence-corrected chi connectivity index (χ0v) is 11.9. The fraction of sp³-hybridized carbons (Fsp3) is 0.462. The lowest BCUT2D eigenvalue weighted by Crippen LogP contribution is -2.34. The molecule has 0 saturated carbocycles. The molecular weight excluding hydrogens is 246 g/mol. The van der Waals surface area contributed by atoms with Crippen LogP contribution in [0.4, 0.5) is 5.69 Å². The summed E-state index contributed by atoms with van der Waals surface area (Å²) in [7, 11) is 1.90. The third kappa shape index (κ3) is 2.14. The van der Waals surface area contributed by atoms with E-state index in [9.17, 15) is 4.79 Å². The van der Waals surface area contributed by atoms with Gasteiger partial charge >= 0.3 is 0 Å². The zero-order valence-electron chi connectivity index (χ0n) is 11.0. The average Bonchev–Trinajstić information content (AvgIpc) is 2.67. The van der Waals surface area contributed by atoms with Crippen LogP contribution in [0, 0.1) is 5.92 Å². The minimum absolute atomic E-state index is 0.0479. The summed E-state index contributed by atoms with van der Waals surface area (Å²) in [5.41, 5.74) is 0.935. The number of hydrogen-bond acceptors (Lipinski definition) is 4. The van der Waals surface area contributed by atoms with Crippen LogP contribution in [0.3, 0.4) is 0 Å². The van der Waals surface area contributed by atoms with Crippen LogP contribution in [0.25, 0.3) is 0 Å². The average molecular weight is 263 g/mol. The van der Waals surface area contributed by atoms with Crippen molar-refractivity contribution in [2.45, 2.75) is 25.5 Å². The van der Waals surface area contributed by atoms with Crippen LogP contribution < -0.4 is 4.90 Å². The van der Waals surface area contributed by atoms with Crippen LogP contribution in [0.5, 0.6) is 0 Å². The van der Waals surface area contributed by atoms with Crippen LogP contribution in [-0.2, 0) is 4.79 Å². The summed E-state index contributed by atoms with van der Waals surface area (Å²) in [5, 5.41) is 0.740. The summed E-state index contributed by atoms with van der Waals surface area (Å²) in [4.78, 5) is 22.2. The Kier molecular flexibility index (Phi) is 3.43. The molecule has 0 aliphatic carbocycles. The summed E-state index contributed by atoms with van der Waals surface area (Å²) in [5.74, 6) is 0.201. The van der Waals surface area contributed by atoms with Gasteiger partial charge in [-0.1, -0.05) is 25.6 Å². The number of rotatable bonds is 2. The van der Waals surface area contributed by atoms with Gasteiger partial charge in [0.25, 0.3) is 5.91 Å². The number of carbonyl (C=O) groups excluding carboxylic acids is 1. The number of nitrogens with zero attached hydrogens (tertiary/aromatic N) is 3. The van der Waals surface area contributed by atoms with Crippen molar-refractivity contribution in [3.63, 3.8) is 0 Å². The lowest BCUT2D eigenvalue weighted by atomic mass is 9.96. The third-order valence-electron chi connectivity index (χ3n) is 3.35. The van der Waals surface area contributed by atoms with E-state index in [1.54, 1.807) is 12.4 Å². The van der Waals surface area contributed by atoms with Gasteiger partial charge in [-0.2, -0.15) is 4.99 Å². The van der Waals surface area contributed by atoms with Gasteiger partial charge in [0.2, 0.25) is 0 Å². The Morgan fingerprint density at radius 2 is 2.17 bits per heavy atom. The lowest BCUT2D eigenvalue weighted by molar-refractivity contribution is -0.120. The first-order valence-electron chi connectivity index (χ1n) is 5.91. The molecule has 4 nitrogen and oxygen atoms in total. The molecule has 1 unspecified atom stereocenters. The van der Waals surface area contributed by atoms with Gasteiger partial charge in [-0.3, -0.25) is 9.78 Å². The maximum absolute atomic E-state index is 12.0. The number of thioether (sulfide) groups is 1. The summed E-state index contributed by atoms with van der Waals surface area (Å²) in [6, 6.07) is 3.82. The Balaban J connectivity index is 2.23. The fourth-order valence-electron chi connectivity index (χ4n) is 1.62. The minimum atomic E-state index is -0.453. The van der Waals surface area contributed by atoms with E-state index in [2.05, 4.69) is 9.98 Å². The Morgan fingerprint density at radius 1 is 1.44 bits per heavy atom. The van der Waals surface area contributed by atoms with Crippen LogP contribution in [-0.4, -0.2) is 27.9 Å². The first kappa shape index (κ1) is 13.1. The van der Waals surface area contributed by atoms with Crippen molar-refractivity contribution >= 4 is 28.5 Å². The second-order valence-corrected chi connectivity index (χ2v) is 6.25. The number of amides is 1. The van der Waals surface area contributed by atoms with E-state index in [1.165, 1.54) is 11.8 Å². The number of anilines is 1. The standard InChI is InChI=1S/C13H17N3OS/c1-9(2)13(3)11(17)15-12(18-13)16(4)10-6-5-7-14-8-10/h5-9H,1-4H3. The number of pyridine rings is 1. The van der Waals surface area contributed by atoms with Gasteiger partial charge < -0.3 is 4.90 Å². The molecule has 0 bridgehead atoms. The normalized spacial score (nSPS) is 23.4. The highest BCUT2D eigenvalue weighted by Gasteiger charge is 2.44. The van der Waals surface area contributed by atoms with E-state index in [0.717, 1.165) is 10.9 Å². The Labute approximate surface area is 112 Å². The molecular formula is C13H17N3OS. The monoisotopic (exact) mass is 263 g/mol. The van der Waals surface area contributed by atoms with Crippen molar-refractivity contribution < 1.29 is 4.79 Å². The number of amidine groups is 1. The lowest BCUT2D eigenvalue weighted by Gasteiger charge is -2.26. The SMILES string of the molecule is CC(C)C1(C)SC(N(C)c2cccnc2)=NC1=O. The quantitative estimate of drug-likeness (QED) is 0.822. The second kappa shape index (κ2) is 4.72. The summed E-state index contributed by atoms with van der Waals surface area (Å²) in [6.45, 7) is 6.05. The van der Waals surface area contributed by atoms with Crippen molar-refractivity contribution in [3.8, 4) is 0 Å². The molecule has 1 amide bonds. The van der Waals surface area contributed by atoms with E-state index < -0.39 is 4.75 Å². The highest BCUT2D eigenvalue weighted by Crippen LogP contribution is 2.41. The second-order valence-electron chi connectivity index (χ2n) is 4.83. The summed E-state index contributed by atoms with van der Waals surface area (Å²) in [6.07, 6.45) is 3.49. The molecule has 0 aromatic carbocycles. The number of carbonyl (C=O) groups is 1. The predicted octanol–water partition coefficient (Wildman–Crippen LogP) is 2.56. The molecule has 0 saturated heterocycles.